The van der Waals surface area contributed by atoms with E-state index in [9.17, 15) is 14.7 Å². The van der Waals surface area contributed by atoms with E-state index in [1.807, 2.05) is 6.07 Å². The average Bonchev–Trinajstić information content (AvgIpc) is 3.04. The van der Waals surface area contributed by atoms with Crippen LogP contribution in [0, 0.1) is 5.92 Å². The Bertz CT molecular complexity index is 800. The Labute approximate surface area is 162 Å². The number of ether oxygens (including phenoxy) is 1. The second-order valence-electron chi connectivity index (χ2n) is 6.42. The Kier molecular flexibility index (Phi) is 6.45. The van der Waals surface area contributed by atoms with E-state index in [2.05, 4.69) is 10.6 Å². The van der Waals surface area contributed by atoms with Crippen LogP contribution in [-0.4, -0.2) is 48.8 Å². The summed E-state index contributed by atoms with van der Waals surface area (Å²) >= 11 is 5.88. The third-order valence-electron chi connectivity index (χ3n) is 4.50. The number of benzene rings is 2. The molecule has 0 radical (unpaired) electrons. The summed E-state index contributed by atoms with van der Waals surface area (Å²) in [6.45, 7) is 0.789. The van der Waals surface area contributed by atoms with Crippen molar-refractivity contribution in [1.82, 2.24) is 10.6 Å². The van der Waals surface area contributed by atoms with Gasteiger partial charge in [0, 0.05) is 35.2 Å². The van der Waals surface area contributed by atoms with Crippen LogP contribution < -0.4 is 10.6 Å². The van der Waals surface area contributed by atoms with E-state index in [0.717, 1.165) is 0 Å². The van der Waals surface area contributed by atoms with E-state index >= 15 is 0 Å². The van der Waals surface area contributed by atoms with E-state index < -0.39 is 12.2 Å². The highest BCUT2D eigenvalue weighted by atomic mass is 35.5. The van der Waals surface area contributed by atoms with Crippen molar-refractivity contribution >= 4 is 23.4 Å². The Morgan fingerprint density at radius 1 is 1.00 bits per heavy atom. The minimum atomic E-state index is -0.777. The molecule has 0 bridgehead atoms. The first-order chi connectivity index (χ1) is 13.0. The zero-order chi connectivity index (χ0) is 19.2. The maximum atomic E-state index is 12.1. The number of halogens is 1. The lowest BCUT2D eigenvalue weighted by Gasteiger charge is -2.18. The Morgan fingerprint density at radius 2 is 1.67 bits per heavy atom. The van der Waals surface area contributed by atoms with Gasteiger partial charge in [0.25, 0.3) is 11.8 Å². The molecule has 2 aromatic carbocycles. The fourth-order valence-electron chi connectivity index (χ4n) is 2.95. The lowest BCUT2D eigenvalue weighted by Crippen LogP contribution is -2.41. The van der Waals surface area contributed by atoms with Crippen LogP contribution in [0.5, 0.6) is 0 Å². The molecule has 6 nitrogen and oxygen atoms in total. The summed E-state index contributed by atoms with van der Waals surface area (Å²) in [5.41, 5.74) is 1.01. The molecule has 1 saturated heterocycles. The van der Waals surface area contributed by atoms with Crippen molar-refractivity contribution in [2.24, 2.45) is 5.92 Å². The molecule has 3 rings (SSSR count). The van der Waals surface area contributed by atoms with Gasteiger partial charge in [-0.05, 0) is 30.3 Å². The van der Waals surface area contributed by atoms with Crippen LogP contribution in [0.3, 0.4) is 0 Å². The highest BCUT2D eigenvalue weighted by Crippen LogP contribution is 2.20. The topological polar surface area (TPSA) is 87.7 Å². The molecule has 27 heavy (non-hydrogen) atoms. The number of carbonyl (C=O) groups is 2. The summed E-state index contributed by atoms with van der Waals surface area (Å²) < 4.78 is 5.58. The maximum Gasteiger partial charge on any atom is 0.251 e. The van der Waals surface area contributed by atoms with Gasteiger partial charge >= 0.3 is 0 Å². The van der Waals surface area contributed by atoms with E-state index in [1.54, 1.807) is 48.5 Å². The van der Waals surface area contributed by atoms with Gasteiger partial charge in [0.05, 0.1) is 12.7 Å². The Balaban J connectivity index is 1.46. The maximum absolute atomic E-state index is 12.1. The van der Waals surface area contributed by atoms with Gasteiger partial charge in [0.1, 0.15) is 6.10 Å². The van der Waals surface area contributed by atoms with Crippen LogP contribution in [0.2, 0.25) is 5.02 Å². The van der Waals surface area contributed by atoms with E-state index in [0.29, 0.717) is 29.3 Å². The van der Waals surface area contributed by atoms with E-state index in [1.165, 1.54) is 0 Å². The standard InChI is InChI=1S/C20H21ClN2O4/c21-16-8-4-7-14(9-16)20(26)23-11-17-18(24)15(12-27-17)10-22-19(25)13-5-2-1-3-6-13/h1-9,15,17-18,24H,10-12H2,(H,22,25)(H,23,26)/t15-,17-,18+/m1/s1. The van der Waals surface area contributed by atoms with Crippen molar-refractivity contribution in [2.45, 2.75) is 12.2 Å². The molecular formula is C20H21ClN2O4. The molecule has 2 amide bonds. The molecule has 7 heteroatoms. The molecular weight excluding hydrogens is 368 g/mol. The smallest absolute Gasteiger partial charge is 0.251 e. The van der Waals surface area contributed by atoms with Crippen LogP contribution in [0.25, 0.3) is 0 Å². The Hall–Kier alpha value is -2.41. The second kappa shape index (κ2) is 8.99. The summed E-state index contributed by atoms with van der Waals surface area (Å²) in [5, 5.41) is 16.4. The number of aliphatic hydroxyl groups is 1. The van der Waals surface area contributed by atoms with Crippen LogP contribution in [0.1, 0.15) is 20.7 Å². The summed E-state index contributed by atoms with van der Waals surface area (Å²) in [5.74, 6) is -0.708. The molecule has 1 heterocycles. The number of amides is 2. The van der Waals surface area contributed by atoms with Crippen LogP contribution in [-0.2, 0) is 4.74 Å². The average molecular weight is 389 g/mol. The van der Waals surface area contributed by atoms with Crippen LogP contribution >= 0.6 is 11.6 Å². The van der Waals surface area contributed by atoms with Gasteiger partial charge in [0.2, 0.25) is 0 Å². The molecule has 1 aliphatic rings. The van der Waals surface area contributed by atoms with Gasteiger partial charge < -0.3 is 20.5 Å². The first-order valence-corrected chi connectivity index (χ1v) is 9.09. The second-order valence-corrected chi connectivity index (χ2v) is 6.86. The molecule has 1 aliphatic heterocycles. The Morgan fingerprint density at radius 3 is 2.41 bits per heavy atom. The molecule has 3 atom stereocenters. The largest absolute Gasteiger partial charge is 0.390 e. The van der Waals surface area contributed by atoms with Gasteiger partial charge in [-0.1, -0.05) is 35.9 Å². The van der Waals surface area contributed by atoms with Gasteiger partial charge in [-0.3, -0.25) is 9.59 Å². The number of nitrogens with one attached hydrogen (secondary N) is 2. The van der Waals surface area contributed by atoms with Gasteiger partial charge in [-0.2, -0.15) is 0 Å². The molecule has 0 aromatic heterocycles. The lowest BCUT2D eigenvalue weighted by atomic mass is 10.0. The third kappa shape index (κ3) is 5.07. The fraction of sp³-hybridized carbons (Fsp3) is 0.300. The first-order valence-electron chi connectivity index (χ1n) is 8.71. The summed E-state index contributed by atoms with van der Waals surface area (Å²) in [6.07, 6.45) is -1.30. The van der Waals surface area contributed by atoms with Crippen molar-refractivity contribution < 1.29 is 19.4 Å². The number of hydrogen-bond donors (Lipinski definition) is 3. The van der Waals surface area contributed by atoms with Crippen molar-refractivity contribution in [3.8, 4) is 0 Å². The number of hydrogen-bond acceptors (Lipinski definition) is 4. The first kappa shape index (κ1) is 19.4. The normalized spacial score (nSPS) is 21.6. The molecule has 0 spiro atoms. The van der Waals surface area contributed by atoms with Crippen molar-refractivity contribution in [2.75, 3.05) is 19.7 Å². The highest BCUT2D eigenvalue weighted by Gasteiger charge is 2.36. The molecule has 2 aromatic rings. The quantitative estimate of drug-likeness (QED) is 0.705. The summed E-state index contributed by atoms with van der Waals surface area (Å²) in [6, 6.07) is 15.5. The van der Waals surface area contributed by atoms with Gasteiger partial charge in [-0.25, -0.2) is 0 Å². The van der Waals surface area contributed by atoms with Crippen LogP contribution in [0.4, 0.5) is 0 Å². The molecule has 1 fully saturated rings. The minimum absolute atomic E-state index is 0.176. The third-order valence-corrected chi connectivity index (χ3v) is 4.73. The zero-order valence-corrected chi connectivity index (χ0v) is 15.4. The fourth-order valence-corrected chi connectivity index (χ4v) is 3.14. The lowest BCUT2D eigenvalue weighted by molar-refractivity contribution is 0.0384. The van der Waals surface area contributed by atoms with Gasteiger partial charge in [0.15, 0.2) is 0 Å². The zero-order valence-electron chi connectivity index (χ0n) is 14.6. The molecule has 0 unspecified atom stereocenters. The van der Waals surface area contributed by atoms with Crippen molar-refractivity contribution in [1.29, 1.82) is 0 Å². The molecule has 0 aliphatic carbocycles. The molecule has 0 saturated carbocycles. The van der Waals surface area contributed by atoms with Gasteiger partial charge in [-0.15, -0.1) is 0 Å². The molecule has 142 valence electrons. The summed E-state index contributed by atoms with van der Waals surface area (Å²) in [4.78, 5) is 24.2. The van der Waals surface area contributed by atoms with Crippen LogP contribution in [0.15, 0.2) is 54.6 Å². The number of aliphatic hydroxyl groups excluding tert-OH is 1. The minimum Gasteiger partial charge on any atom is -0.390 e. The SMILES string of the molecule is O=C(NC[C@@H]1CO[C@H](CNC(=O)c2cccc(Cl)c2)[C@H]1O)c1ccccc1. The number of carbonyl (C=O) groups excluding carboxylic acids is 2. The van der Waals surface area contributed by atoms with Crippen molar-refractivity contribution in [3.63, 3.8) is 0 Å². The summed E-state index contributed by atoms with van der Waals surface area (Å²) in [7, 11) is 0. The highest BCUT2D eigenvalue weighted by molar-refractivity contribution is 6.30. The predicted octanol–water partition coefficient (Wildman–Crippen LogP) is 1.88. The van der Waals surface area contributed by atoms with Crippen molar-refractivity contribution in [3.05, 3.63) is 70.7 Å². The molecule has 3 N–H and O–H groups in total. The number of rotatable bonds is 6. The van der Waals surface area contributed by atoms with E-state index in [-0.39, 0.29) is 24.3 Å². The predicted molar refractivity (Wildman–Crippen MR) is 102 cm³/mol. The monoisotopic (exact) mass is 388 g/mol. The van der Waals surface area contributed by atoms with E-state index in [4.69, 9.17) is 16.3 Å².